The van der Waals surface area contributed by atoms with E-state index in [-0.39, 0.29) is 0 Å². The number of nitrogens with two attached hydrogens (primary N) is 1. The van der Waals surface area contributed by atoms with Crippen LogP contribution in [0, 0.1) is 0 Å². The van der Waals surface area contributed by atoms with Gasteiger partial charge in [0.15, 0.2) is 0 Å². The predicted octanol–water partition coefficient (Wildman–Crippen LogP) is 2.95. The van der Waals surface area contributed by atoms with Crippen molar-refractivity contribution in [3.63, 3.8) is 0 Å². The van der Waals surface area contributed by atoms with Crippen molar-refractivity contribution in [1.82, 2.24) is 0 Å². The summed E-state index contributed by atoms with van der Waals surface area (Å²) >= 11 is 4.90. The summed E-state index contributed by atoms with van der Waals surface area (Å²) in [6.45, 7) is 0.624. The van der Waals surface area contributed by atoms with Crippen molar-refractivity contribution in [3.8, 4) is 11.5 Å². The van der Waals surface area contributed by atoms with E-state index in [2.05, 4.69) is 0 Å². The van der Waals surface area contributed by atoms with Crippen LogP contribution < -0.4 is 15.2 Å². The average molecular weight is 287 g/mol. The van der Waals surface area contributed by atoms with Crippen LogP contribution in [0.4, 0.5) is 0 Å². The molecule has 0 saturated carbocycles. The van der Waals surface area contributed by atoms with Crippen LogP contribution in [0.2, 0.25) is 0 Å². The van der Waals surface area contributed by atoms with Gasteiger partial charge < -0.3 is 15.2 Å². The molecule has 0 aliphatic rings. The molecule has 0 amide bonds. The van der Waals surface area contributed by atoms with E-state index in [1.54, 1.807) is 7.11 Å². The molecule has 0 bridgehead atoms. The molecule has 2 N–H and O–H groups in total. The largest absolute Gasteiger partial charge is 0.497 e. The van der Waals surface area contributed by atoms with Crippen LogP contribution in [0.1, 0.15) is 11.1 Å². The van der Waals surface area contributed by atoms with Gasteiger partial charge in [0.25, 0.3) is 0 Å². The lowest BCUT2D eigenvalue weighted by molar-refractivity contribution is 0.322. The Kier molecular flexibility index (Phi) is 4.96. The minimum absolute atomic E-state index is 0.398. The van der Waals surface area contributed by atoms with Gasteiger partial charge in [-0.3, -0.25) is 0 Å². The van der Waals surface area contributed by atoms with E-state index in [1.807, 2.05) is 48.5 Å². The number of ether oxygens (including phenoxy) is 2. The lowest BCUT2D eigenvalue weighted by Gasteiger charge is -2.07. The number of rotatable bonds is 6. The molecule has 0 atom stereocenters. The van der Waals surface area contributed by atoms with E-state index >= 15 is 0 Å². The van der Waals surface area contributed by atoms with E-state index < -0.39 is 0 Å². The zero-order chi connectivity index (χ0) is 14.4. The fraction of sp³-hybridized carbons (Fsp3) is 0.188. The van der Waals surface area contributed by atoms with Gasteiger partial charge in [-0.1, -0.05) is 24.4 Å². The van der Waals surface area contributed by atoms with Crippen LogP contribution in [-0.2, 0) is 6.42 Å². The molecule has 2 aromatic rings. The van der Waals surface area contributed by atoms with Crippen molar-refractivity contribution in [3.05, 3.63) is 59.7 Å². The van der Waals surface area contributed by atoms with Crippen molar-refractivity contribution in [2.45, 2.75) is 6.42 Å². The quantitative estimate of drug-likeness (QED) is 0.830. The third-order valence-corrected chi connectivity index (χ3v) is 3.19. The maximum atomic E-state index is 5.69. The molecule has 0 radical (unpaired) electrons. The van der Waals surface area contributed by atoms with Gasteiger partial charge in [0.05, 0.1) is 13.7 Å². The highest BCUT2D eigenvalue weighted by molar-refractivity contribution is 7.80. The molecule has 0 heterocycles. The molecule has 0 aliphatic carbocycles. The van der Waals surface area contributed by atoms with Gasteiger partial charge in [0, 0.05) is 12.0 Å². The van der Waals surface area contributed by atoms with Crippen molar-refractivity contribution < 1.29 is 9.47 Å². The topological polar surface area (TPSA) is 44.5 Å². The Morgan fingerprint density at radius 1 is 1.00 bits per heavy atom. The molecule has 2 aromatic carbocycles. The smallest absolute Gasteiger partial charge is 0.119 e. The average Bonchev–Trinajstić information content (AvgIpc) is 2.48. The van der Waals surface area contributed by atoms with Gasteiger partial charge in [0.1, 0.15) is 16.5 Å². The summed E-state index contributed by atoms with van der Waals surface area (Å²) in [7, 11) is 1.66. The first-order valence-corrected chi connectivity index (χ1v) is 6.75. The third kappa shape index (κ3) is 3.96. The summed E-state index contributed by atoms with van der Waals surface area (Å²) in [6, 6.07) is 15.5. The van der Waals surface area contributed by atoms with Gasteiger partial charge in [-0.15, -0.1) is 0 Å². The summed E-state index contributed by atoms with van der Waals surface area (Å²) in [5, 5.41) is 0. The normalized spacial score (nSPS) is 10.1. The summed E-state index contributed by atoms with van der Waals surface area (Å²) < 4.78 is 10.8. The summed E-state index contributed by atoms with van der Waals surface area (Å²) in [6.07, 6.45) is 0.848. The standard InChI is InChI=1S/C16H17NO2S/c1-18-14-6-2-12(3-7-14)10-11-19-15-8-4-13(5-9-15)16(17)20/h2-9H,10-11H2,1H3,(H2,17,20). The summed E-state index contributed by atoms with van der Waals surface area (Å²) in [5.41, 5.74) is 7.61. The van der Waals surface area contributed by atoms with Crippen LogP contribution in [-0.4, -0.2) is 18.7 Å². The summed E-state index contributed by atoms with van der Waals surface area (Å²) in [5.74, 6) is 1.68. The minimum atomic E-state index is 0.398. The molecule has 3 nitrogen and oxygen atoms in total. The molecule has 0 unspecified atom stereocenters. The Labute approximate surface area is 124 Å². The van der Waals surface area contributed by atoms with Crippen LogP contribution in [0.5, 0.6) is 11.5 Å². The van der Waals surface area contributed by atoms with Crippen LogP contribution in [0.15, 0.2) is 48.5 Å². The van der Waals surface area contributed by atoms with E-state index in [1.165, 1.54) is 5.56 Å². The molecule has 104 valence electrons. The SMILES string of the molecule is COc1ccc(CCOc2ccc(C(N)=S)cc2)cc1. The highest BCUT2D eigenvalue weighted by Gasteiger charge is 1.99. The molecule has 0 spiro atoms. The van der Waals surface area contributed by atoms with Crippen molar-refractivity contribution in [2.75, 3.05) is 13.7 Å². The Morgan fingerprint density at radius 2 is 1.60 bits per heavy atom. The molecule has 4 heteroatoms. The van der Waals surface area contributed by atoms with Crippen LogP contribution >= 0.6 is 12.2 Å². The predicted molar refractivity (Wildman–Crippen MR) is 84.5 cm³/mol. The lowest BCUT2D eigenvalue weighted by Crippen LogP contribution is -2.09. The second kappa shape index (κ2) is 6.91. The number of thiocarbonyl (C=S) groups is 1. The first kappa shape index (κ1) is 14.3. The highest BCUT2D eigenvalue weighted by Crippen LogP contribution is 2.14. The number of benzene rings is 2. The third-order valence-electron chi connectivity index (χ3n) is 2.96. The lowest BCUT2D eigenvalue weighted by atomic mass is 10.1. The zero-order valence-electron chi connectivity index (χ0n) is 11.3. The molecule has 2 rings (SSSR count). The van der Waals surface area contributed by atoms with Crippen LogP contribution in [0.3, 0.4) is 0 Å². The zero-order valence-corrected chi connectivity index (χ0v) is 12.2. The first-order chi connectivity index (χ1) is 9.69. The Bertz CT molecular complexity index is 564. The molecule has 0 saturated heterocycles. The van der Waals surface area contributed by atoms with E-state index in [0.29, 0.717) is 11.6 Å². The maximum Gasteiger partial charge on any atom is 0.119 e. The molecular weight excluding hydrogens is 270 g/mol. The second-order valence-electron chi connectivity index (χ2n) is 4.34. The second-order valence-corrected chi connectivity index (χ2v) is 4.77. The fourth-order valence-electron chi connectivity index (χ4n) is 1.79. The van der Waals surface area contributed by atoms with E-state index in [9.17, 15) is 0 Å². The molecule has 0 aromatic heterocycles. The van der Waals surface area contributed by atoms with Gasteiger partial charge >= 0.3 is 0 Å². The first-order valence-electron chi connectivity index (χ1n) is 6.34. The van der Waals surface area contributed by atoms with Crippen molar-refractivity contribution in [1.29, 1.82) is 0 Å². The Balaban J connectivity index is 1.84. The molecular formula is C16H17NO2S. The van der Waals surface area contributed by atoms with Crippen molar-refractivity contribution in [2.24, 2.45) is 5.73 Å². The minimum Gasteiger partial charge on any atom is -0.497 e. The van der Waals surface area contributed by atoms with Crippen LogP contribution in [0.25, 0.3) is 0 Å². The Hall–Kier alpha value is -2.07. The molecule has 20 heavy (non-hydrogen) atoms. The van der Waals surface area contributed by atoms with Gasteiger partial charge in [-0.05, 0) is 42.0 Å². The molecule has 0 aliphatic heterocycles. The van der Waals surface area contributed by atoms with Gasteiger partial charge in [-0.2, -0.15) is 0 Å². The fourth-order valence-corrected chi connectivity index (χ4v) is 1.93. The van der Waals surface area contributed by atoms with Gasteiger partial charge in [-0.25, -0.2) is 0 Å². The maximum absolute atomic E-state index is 5.69. The number of hydrogen-bond acceptors (Lipinski definition) is 3. The number of methoxy groups -OCH3 is 1. The van der Waals surface area contributed by atoms with E-state index in [0.717, 1.165) is 23.5 Å². The highest BCUT2D eigenvalue weighted by atomic mass is 32.1. The monoisotopic (exact) mass is 287 g/mol. The van der Waals surface area contributed by atoms with Gasteiger partial charge in [0.2, 0.25) is 0 Å². The summed E-state index contributed by atoms with van der Waals surface area (Å²) in [4.78, 5) is 0.398. The van der Waals surface area contributed by atoms with E-state index in [4.69, 9.17) is 27.4 Å². The molecule has 0 fully saturated rings. The number of hydrogen-bond donors (Lipinski definition) is 1. The van der Waals surface area contributed by atoms with Crippen molar-refractivity contribution >= 4 is 17.2 Å². The Morgan fingerprint density at radius 3 is 2.15 bits per heavy atom.